The molecule has 2 fully saturated rings. The molecule has 0 bridgehead atoms. The zero-order valence-electron chi connectivity index (χ0n) is 26.8. The van der Waals surface area contributed by atoms with Crippen LogP contribution in [0.4, 0.5) is 0 Å². The van der Waals surface area contributed by atoms with Crippen LogP contribution in [0.3, 0.4) is 0 Å². The number of nitrogens with one attached hydrogen (secondary N) is 2. The Morgan fingerprint density at radius 1 is 0.905 bits per heavy atom. The summed E-state index contributed by atoms with van der Waals surface area (Å²) in [5.74, 6) is -3.36. The van der Waals surface area contributed by atoms with Gasteiger partial charge in [-0.05, 0) is 43.9 Å². The van der Waals surface area contributed by atoms with E-state index >= 15 is 0 Å². The summed E-state index contributed by atoms with van der Waals surface area (Å²) in [5, 5.41) is 5.57. The fraction of sp³-hybridized carbons (Fsp3) is 0.800. The Kier molecular flexibility index (Phi) is 12.8. The van der Waals surface area contributed by atoms with Crippen LogP contribution in [0.1, 0.15) is 80.6 Å². The molecule has 42 heavy (non-hydrogen) atoms. The van der Waals surface area contributed by atoms with E-state index in [1.54, 1.807) is 14.0 Å². The highest BCUT2D eigenvalue weighted by molar-refractivity contribution is 5.96. The van der Waals surface area contributed by atoms with E-state index in [0.717, 1.165) is 0 Å². The van der Waals surface area contributed by atoms with Crippen LogP contribution in [0.15, 0.2) is 0 Å². The molecular weight excluding hydrogens is 542 g/mol. The van der Waals surface area contributed by atoms with Crippen LogP contribution in [0, 0.1) is 17.8 Å². The molecule has 0 aromatic heterocycles. The van der Waals surface area contributed by atoms with Crippen molar-refractivity contribution in [1.82, 2.24) is 25.3 Å². The monoisotopic (exact) mass is 593 g/mol. The lowest BCUT2D eigenvalue weighted by Crippen LogP contribution is -2.60. The maximum Gasteiger partial charge on any atom is 0.308 e. The van der Waals surface area contributed by atoms with Gasteiger partial charge in [-0.3, -0.25) is 28.8 Å². The van der Waals surface area contributed by atoms with E-state index in [9.17, 15) is 28.8 Å². The van der Waals surface area contributed by atoms with Gasteiger partial charge in [0.05, 0.1) is 6.42 Å². The largest absolute Gasteiger partial charge is 0.452 e. The minimum absolute atomic E-state index is 0.0358. The molecule has 0 radical (unpaired) electrons. The van der Waals surface area contributed by atoms with Crippen LogP contribution in [0.5, 0.6) is 0 Å². The van der Waals surface area contributed by atoms with Gasteiger partial charge >= 0.3 is 5.97 Å². The van der Waals surface area contributed by atoms with E-state index in [-0.39, 0.29) is 37.1 Å². The van der Waals surface area contributed by atoms with Crippen LogP contribution in [-0.4, -0.2) is 108 Å². The van der Waals surface area contributed by atoms with Gasteiger partial charge in [0.2, 0.25) is 23.6 Å². The highest BCUT2D eigenvalue weighted by Gasteiger charge is 2.42. The van der Waals surface area contributed by atoms with Gasteiger partial charge in [0.25, 0.3) is 5.91 Å². The molecule has 0 saturated carbocycles. The van der Waals surface area contributed by atoms with Gasteiger partial charge in [0, 0.05) is 27.2 Å². The number of nitrogens with zero attached hydrogens (tertiary/aromatic N) is 3. The van der Waals surface area contributed by atoms with Gasteiger partial charge < -0.3 is 30.1 Å². The van der Waals surface area contributed by atoms with Gasteiger partial charge in [-0.25, -0.2) is 0 Å². The van der Waals surface area contributed by atoms with E-state index in [0.29, 0.717) is 25.8 Å². The van der Waals surface area contributed by atoms with Crippen molar-refractivity contribution in [3.05, 3.63) is 0 Å². The van der Waals surface area contributed by atoms with Gasteiger partial charge in [-0.1, -0.05) is 48.0 Å². The maximum absolute atomic E-state index is 13.9. The summed E-state index contributed by atoms with van der Waals surface area (Å²) in [5.41, 5.74) is 0. The van der Waals surface area contributed by atoms with Gasteiger partial charge in [-0.15, -0.1) is 0 Å². The van der Waals surface area contributed by atoms with Crippen LogP contribution >= 0.6 is 0 Å². The fourth-order valence-corrected chi connectivity index (χ4v) is 5.53. The Morgan fingerprint density at radius 2 is 1.55 bits per heavy atom. The predicted octanol–water partition coefficient (Wildman–Crippen LogP) is 1.32. The average Bonchev–Trinajstić information content (AvgIpc) is 3.42. The molecule has 0 spiro atoms. The van der Waals surface area contributed by atoms with Crippen LogP contribution < -0.4 is 10.6 Å². The van der Waals surface area contributed by atoms with Crippen molar-refractivity contribution < 1.29 is 33.5 Å². The lowest BCUT2D eigenvalue weighted by atomic mass is 9.94. The quantitative estimate of drug-likeness (QED) is 0.457. The number of esters is 1. The Labute approximate surface area is 250 Å². The summed E-state index contributed by atoms with van der Waals surface area (Å²) < 4.78 is 5.59. The minimum atomic E-state index is -1.07. The third-order valence-corrected chi connectivity index (χ3v) is 8.44. The molecule has 6 unspecified atom stereocenters. The number of rotatable bonds is 5. The molecule has 0 aliphatic carbocycles. The van der Waals surface area contributed by atoms with E-state index in [1.807, 2.05) is 41.5 Å². The van der Waals surface area contributed by atoms with E-state index < -0.39 is 65.8 Å². The molecular formula is C30H51N5O7. The highest BCUT2D eigenvalue weighted by Crippen LogP contribution is 2.24. The molecule has 238 valence electrons. The standard InChI is InChI=1S/C30H51N5O7/c1-10-19(6)24-29(40)34(9)25(18(4)5)30(41)33(8)20(7)26(37)31-14-13-23(36)42-22(16-17(2)3)28(39)35-15-11-12-21(35)27(38)32-24/h17-22,24-25H,10-16H2,1-9H3,(H,31,37)(H,32,38). The topological polar surface area (TPSA) is 145 Å². The molecule has 6 atom stereocenters. The molecule has 0 aromatic rings. The normalized spacial score (nSPS) is 28.6. The lowest BCUT2D eigenvalue weighted by Gasteiger charge is -2.38. The zero-order chi connectivity index (χ0) is 31.9. The Bertz CT molecular complexity index is 1020. The summed E-state index contributed by atoms with van der Waals surface area (Å²) in [6, 6.07) is -3.52. The fourth-order valence-electron chi connectivity index (χ4n) is 5.53. The number of hydrogen-bond donors (Lipinski definition) is 2. The lowest BCUT2D eigenvalue weighted by molar-refractivity contribution is -0.162. The summed E-state index contributed by atoms with van der Waals surface area (Å²) in [6.45, 7) is 13.1. The molecule has 2 aliphatic rings. The highest BCUT2D eigenvalue weighted by atomic mass is 16.5. The van der Waals surface area contributed by atoms with Crippen LogP contribution in [0.25, 0.3) is 0 Å². The first-order valence-corrected chi connectivity index (χ1v) is 15.2. The Hall–Kier alpha value is -3.18. The van der Waals surface area contributed by atoms with Gasteiger partial charge in [0.15, 0.2) is 6.10 Å². The molecule has 12 nitrogen and oxygen atoms in total. The molecule has 2 heterocycles. The second-order valence-corrected chi connectivity index (χ2v) is 12.5. The van der Waals surface area contributed by atoms with E-state index in [1.165, 1.54) is 21.7 Å². The van der Waals surface area contributed by atoms with Crippen molar-refractivity contribution in [2.75, 3.05) is 27.2 Å². The number of cyclic esters (lactones) is 1. The first-order valence-electron chi connectivity index (χ1n) is 15.2. The van der Waals surface area contributed by atoms with Crippen molar-refractivity contribution in [3.63, 3.8) is 0 Å². The molecule has 2 N–H and O–H groups in total. The second kappa shape index (κ2) is 15.3. The van der Waals surface area contributed by atoms with E-state index in [2.05, 4.69) is 10.6 Å². The molecule has 12 heteroatoms. The number of ether oxygens (including phenoxy) is 1. The number of hydrogen-bond acceptors (Lipinski definition) is 7. The van der Waals surface area contributed by atoms with Gasteiger partial charge in [0.1, 0.15) is 24.2 Å². The molecule has 2 saturated heterocycles. The summed E-state index contributed by atoms with van der Waals surface area (Å²) in [7, 11) is 3.04. The number of likely N-dealkylation sites (N-methyl/N-ethyl adjacent to an activating group) is 2. The van der Waals surface area contributed by atoms with E-state index in [4.69, 9.17) is 4.74 Å². The first kappa shape index (κ1) is 35.0. The Balaban J connectivity index is 2.54. The summed E-state index contributed by atoms with van der Waals surface area (Å²) >= 11 is 0. The Morgan fingerprint density at radius 3 is 2.12 bits per heavy atom. The minimum Gasteiger partial charge on any atom is -0.452 e. The summed E-state index contributed by atoms with van der Waals surface area (Å²) in [4.78, 5) is 84.6. The smallest absolute Gasteiger partial charge is 0.308 e. The molecule has 5 amide bonds. The third kappa shape index (κ3) is 8.44. The van der Waals surface area contributed by atoms with Gasteiger partial charge in [-0.2, -0.15) is 0 Å². The number of carbonyl (C=O) groups excluding carboxylic acids is 6. The second-order valence-electron chi connectivity index (χ2n) is 12.5. The first-order chi connectivity index (χ1) is 19.6. The zero-order valence-corrected chi connectivity index (χ0v) is 26.8. The van der Waals surface area contributed by atoms with Crippen LogP contribution in [0.2, 0.25) is 0 Å². The number of amides is 5. The third-order valence-electron chi connectivity index (χ3n) is 8.44. The predicted molar refractivity (Wildman–Crippen MR) is 157 cm³/mol. The molecule has 2 rings (SSSR count). The van der Waals surface area contributed by atoms with Crippen molar-refractivity contribution in [2.45, 2.75) is 111 Å². The molecule has 0 aromatic carbocycles. The van der Waals surface area contributed by atoms with Crippen molar-refractivity contribution in [2.24, 2.45) is 17.8 Å². The van der Waals surface area contributed by atoms with Crippen molar-refractivity contribution in [3.8, 4) is 0 Å². The average molecular weight is 594 g/mol. The SMILES string of the molecule is CCC(C)C1NC(=O)C2CCCN2C(=O)C(CC(C)C)OC(=O)CCNC(=O)C(C)N(C)C(=O)C(C(C)C)N(C)C1=O. The van der Waals surface area contributed by atoms with Crippen molar-refractivity contribution >= 4 is 35.5 Å². The van der Waals surface area contributed by atoms with Crippen molar-refractivity contribution in [1.29, 1.82) is 0 Å². The number of fused-ring (bicyclic) bond motifs is 1. The maximum atomic E-state index is 13.9. The number of carbonyl (C=O) groups is 6. The van der Waals surface area contributed by atoms with Crippen LogP contribution in [-0.2, 0) is 33.5 Å². The summed E-state index contributed by atoms with van der Waals surface area (Å²) in [6.07, 6.45) is 0.636. The molecule has 2 aliphatic heterocycles.